The molecule has 0 aliphatic rings. The largest absolute Gasteiger partial charge is 0.436 e. The van der Waals surface area contributed by atoms with Crippen molar-refractivity contribution in [3.05, 3.63) is 82.4 Å². The zero-order chi connectivity index (χ0) is 22.1. The highest BCUT2D eigenvalue weighted by molar-refractivity contribution is 7.80. The number of hydrogen-bond acceptors (Lipinski definition) is 4. The van der Waals surface area contributed by atoms with E-state index in [1.54, 1.807) is 0 Å². The van der Waals surface area contributed by atoms with Crippen molar-refractivity contribution in [2.45, 2.75) is 27.7 Å². The molecule has 1 aromatic heterocycles. The van der Waals surface area contributed by atoms with Gasteiger partial charge in [0.15, 0.2) is 10.7 Å². The molecule has 5 nitrogen and oxygen atoms in total. The Morgan fingerprint density at radius 1 is 0.903 bits per heavy atom. The zero-order valence-corrected chi connectivity index (χ0v) is 18.7. The van der Waals surface area contributed by atoms with Crippen LogP contribution >= 0.6 is 12.2 Å². The molecule has 0 aliphatic carbocycles. The van der Waals surface area contributed by atoms with E-state index in [9.17, 15) is 4.79 Å². The lowest BCUT2D eigenvalue weighted by Gasteiger charge is -2.10. The molecule has 0 saturated carbocycles. The number of aromatic nitrogens is 1. The maximum absolute atomic E-state index is 12.5. The third-order valence-corrected chi connectivity index (χ3v) is 5.12. The van der Waals surface area contributed by atoms with E-state index in [0.717, 1.165) is 44.6 Å². The predicted octanol–water partition coefficient (Wildman–Crippen LogP) is 5.86. The van der Waals surface area contributed by atoms with Crippen molar-refractivity contribution in [1.82, 2.24) is 10.3 Å². The first-order valence-corrected chi connectivity index (χ1v) is 10.4. The predicted molar refractivity (Wildman–Crippen MR) is 129 cm³/mol. The number of fused-ring (bicyclic) bond motifs is 1. The van der Waals surface area contributed by atoms with Crippen LogP contribution in [-0.4, -0.2) is 16.0 Å². The molecule has 0 unspecified atom stereocenters. The van der Waals surface area contributed by atoms with Gasteiger partial charge in [-0.05, 0) is 93.5 Å². The van der Waals surface area contributed by atoms with Crippen molar-refractivity contribution in [2.24, 2.45) is 0 Å². The van der Waals surface area contributed by atoms with Crippen LogP contribution in [0, 0.1) is 27.7 Å². The summed E-state index contributed by atoms with van der Waals surface area (Å²) in [5, 5.41) is 6.01. The minimum Gasteiger partial charge on any atom is -0.436 e. The summed E-state index contributed by atoms with van der Waals surface area (Å²) >= 11 is 5.30. The number of benzene rings is 3. The fourth-order valence-electron chi connectivity index (χ4n) is 3.64. The highest BCUT2D eigenvalue weighted by Crippen LogP contribution is 2.28. The Labute approximate surface area is 186 Å². The molecule has 156 valence electrons. The van der Waals surface area contributed by atoms with Gasteiger partial charge in [0.05, 0.1) is 0 Å². The van der Waals surface area contributed by atoms with Crippen molar-refractivity contribution in [3.63, 3.8) is 0 Å². The minimum absolute atomic E-state index is 0.238. The van der Waals surface area contributed by atoms with Crippen LogP contribution in [0.1, 0.15) is 32.6 Å². The molecule has 1 amide bonds. The highest BCUT2D eigenvalue weighted by atomic mass is 32.1. The minimum atomic E-state index is -0.238. The molecule has 0 spiro atoms. The van der Waals surface area contributed by atoms with Crippen LogP contribution in [0.25, 0.3) is 22.6 Å². The van der Waals surface area contributed by atoms with Crippen LogP contribution in [0.5, 0.6) is 0 Å². The summed E-state index contributed by atoms with van der Waals surface area (Å²) in [6.45, 7) is 7.98. The summed E-state index contributed by atoms with van der Waals surface area (Å²) in [6.07, 6.45) is 0. The summed E-state index contributed by atoms with van der Waals surface area (Å²) in [7, 11) is 0. The number of nitrogens with zero attached hydrogens (tertiary/aromatic N) is 1. The number of thiocarbonyl (C=S) groups is 1. The van der Waals surface area contributed by atoms with E-state index >= 15 is 0 Å². The number of hydrogen-bond donors (Lipinski definition) is 2. The van der Waals surface area contributed by atoms with Crippen LogP contribution in [0.3, 0.4) is 0 Å². The van der Waals surface area contributed by atoms with Crippen LogP contribution in [-0.2, 0) is 0 Å². The fourth-order valence-corrected chi connectivity index (χ4v) is 3.85. The van der Waals surface area contributed by atoms with Crippen molar-refractivity contribution >= 4 is 40.0 Å². The quantitative estimate of drug-likeness (QED) is 0.400. The molecule has 3 aromatic carbocycles. The summed E-state index contributed by atoms with van der Waals surface area (Å²) in [6, 6.07) is 17.4. The summed E-state index contributed by atoms with van der Waals surface area (Å²) in [4.78, 5) is 17.1. The molecule has 0 bridgehead atoms. The van der Waals surface area contributed by atoms with Gasteiger partial charge in [-0.25, -0.2) is 4.98 Å². The highest BCUT2D eigenvalue weighted by Gasteiger charge is 2.12. The van der Waals surface area contributed by atoms with Gasteiger partial charge >= 0.3 is 0 Å². The number of oxazole rings is 1. The van der Waals surface area contributed by atoms with Gasteiger partial charge in [-0.1, -0.05) is 23.3 Å². The Morgan fingerprint density at radius 2 is 1.55 bits per heavy atom. The van der Waals surface area contributed by atoms with E-state index < -0.39 is 0 Å². The molecule has 4 aromatic rings. The van der Waals surface area contributed by atoms with Gasteiger partial charge in [0.25, 0.3) is 5.91 Å². The summed E-state index contributed by atoms with van der Waals surface area (Å²) in [5.41, 5.74) is 8.15. The van der Waals surface area contributed by atoms with Crippen molar-refractivity contribution in [1.29, 1.82) is 0 Å². The van der Waals surface area contributed by atoms with E-state index in [0.29, 0.717) is 11.5 Å². The van der Waals surface area contributed by atoms with Crippen LogP contribution < -0.4 is 10.6 Å². The molecule has 1 heterocycles. The fraction of sp³-hybridized carbons (Fsp3) is 0.160. The van der Waals surface area contributed by atoms with Crippen molar-refractivity contribution in [3.8, 4) is 11.5 Å². The average Bonchev–Trinajstić information content (AvgIpc) is 3.12. The third kappa shape index (κ3) is 4.64. The lowest BCUT2D eigenvalue weighted by atomic mass is 10.1. The van der Waals surface area contributed by atoms with E-state index in [-0.39, 0.29) is 11.0 Å². The van der Waals surface area contributed by atoms with Gasteiger partial charge in [-0.2, -0.15) is 0 Å². The van der Waals surface area contributed by atoms with E-state index in [4.69, 9.17) is 16.6 Å². The summed E-state index contributed by atoms with van der Waals surface area (Å²) in [5.74, 6) is 0.332. The number of rotatable bonds is 3. The Morgan fingerprint density at radius 3 is 2.23 bits per heavy atom. The lowest BCUT2D eigenvalue weighted by molar-refractivity contribution is 0.0977. The molecule has 0 saturated heterocycles. The number of amides is 1. The number of aryl methyl sites for hydroxylation is 4. The van der Waals surface area contributed by atoms with Crippen LogP contribution in [0.2, 0.25) is 0 Å². The molecule has 0 radical (unpaired) electrons. The van der Waals surface area contributed by atoms with Gasteiger partial charge in [-0.15, -0.1) is 0 Å². The van der Waals surface area contributed by atoms with Gasteiger partial charge in [0.2, 0.25) is 5.89 Å². The first kappa shape index (κ1) is 20.8. The molecule has 0 atom stereocenters. The first-order valence-electron chi connectivity index (χ1n) is 9.97. The molecule has 31 heavy (non-hydrogen) atoms. The number of anilines is 1. The Balaban J connectivity index is 1.45. The second-order valence-corrected chi connectivity index (χ2v) is 8.22. The maximum Gasteiger partial charge on any atom is 0.257 e. The standard InChI is InChI=1S/C25H23N3O2S/c1-14-9-15(2)12-19(11-14)23(29)28-25(31)26-20-7-5-18(6-8-20)24-27-21-13-16(3)10-17(4)22(21)30-24/h5-13H,1-4H3,(H2,26,28,29,31). The smallest absolute Gasteiger partial charge is 0.257 e. The lowest BCUT2D eigenvalue weighted by Crippen LogP contribution is -2.34. The SMILES string of the molecule is Cc1cc(C)cc(C(=O)NC(=S)Nc2ccc(-c3nc4cc(C)cc(C)c4o3)cc2)c1. The third-order valence-electron chi connectivity index (χ3n) is 4.92. The Kier molecular flexibility index (Phi) is 5.57. The van der Waals surface area contributed by atoms with E-state index in [2.05, 4.69) is 21.7 Å². The molecule has 2 N–H and O–H groups in total. The molecule has 0 fully saturated rings. The monoisotopic (exact) mass is 429 g/mol. The van der Waals surface area contributed by atoms with Crippen LogP contribution in [0.15, 0.2) is 59.0 Å². The second kappa shape index (κ2) is 8.32. The van der Waals surface area contributed by atoms with Gasteiger partial charge in [0, 0.05) is 16.8 Å². The van der Waals surface area contributed by atoms with Crippen molar-refractivity contribution < 1.29 is 9.21 Å². The zero-order valence-electron chi connectivity index (χ0n) is 17.9. The van der Waals surface area contributed by atoms with Gasteiger partial charge < -0.3 is 9.73 Å². The summed E-state index contributed by atoms with van der Waals surface area (Å²) < 4.78 is 5.97. The maximum atomic E-state index is 12.5. The second-order valence-electron chi connectivity index (χ2n) is 7.81. The number of nitrogens with one attached hydrogen (secondary N) is 2. The topological polar surface area (TPSA) is 67.2 Å². The van der Waals surface area contributed by atoms with Crippen molar-refractivity contribution in [2.75, 3.05) is 5.32 Å². The number of carbonyl (C=O) groups is 1. The Hall–Kier alpha value is -3.51. The molecule has 4 rings (SSSR count). The Bertz CT molecular complexity index is 1290. The average molecular weight is 430 g/mol. The molecule has 6 heteroatoms. The number of carbonyl (C=O) groups excluding carboxylic acids is 1. The normalized spacial score (nSPS) is 10.8. The van der Waals surface area contributed by atoms with E-state index in [1.165, 1.54) is 0 Å². The van der Waals surface area contributed by atoms with Gasteiger partial charge in [-0.3, -0.25) is 10.1 Å². The van der Waals surface area contributed by atoms with E-state index in [1.807, 2.05) is 76.2 Å². The first-order chi connectivity index (χ1) is 14.8. The molecular formula is C25H23N3O2S. The van der Waals surface area contributed by atoms with Gasteiger partial charge in [0.1, 0.15) is 5.52 Å². The molecular weight excluding hydrogens is 406 g/mol. The molecule has 0 aliphatic heterocycles. The van der Waals surface area contributed by atoms with Crippen LogP contribution in [0.4, 0.5) is 5.69 Å².